The van der Waals surface area contributed by atoms with E-state index in [4.69, 9.17) is 14.7 Å². The fourth-order valence-corrected chi connectivity index (χ4v) is 2.12. The summed E-state index contributed by atoms with van der Waals surface area (Å²) in [5.74, 6) is 1.36. The molecule has 1 unspecified atom stereocenters. The van der Waals surface area contributed by atoms with Gasteiger partial charge in [-0.3, -0.25) is 0 Å². The number of hydrogen-bond acceptors (Lipinski definition) is 4. The van der Waals surface area contributed by atoms with E-state index in [1.807, 2.05) is 6.07 Å². The van der Waals surface area contributed by atoms with Gasteiger partial charge in [-0.25, -0.2) is 0 Å². The molecule has 4 heteroatoms. The van der Waals surface area contributed by atoms with Crippen LogP contribution in [0.25, 0.3) is 0 Å². The number of nitriles is 1. The van der Waals surface area contributed by atoms with Gasteiger partial charge < -0.3 is 14.8 Å². The smallest absolute Gasteiger partial charge is 0.162 e. The molecule has 0 saturated carbocycles. The summed E-state index contributed by atoms with van der Waals surface area (Å²) in [5.41, 5.74) is 0.585. The minimum atomic E-state index is 0.224. The summed E-state index contributed by atoms with van der Waals surface area (Å²) in [5, 5.41) is 12.2. The SMILES string of the molecule is COc1cc(C#N)ccc1OC1CCCNCC1. The van der Waals surface area contributed by atoms with Crippen molar-refractivity contribution in [3.05, 3.63) is 23.8 Å². The first-order chi connectivity index (χ1) is 8.83. The summed E-state index contributed by atoms with van der Waals surface area (Å²) in [6.45, 7) is 2.05. The second kappa shape index (κ2) is 6.27. The third-order valence-electron chi connectivity index (χ3n) is 3.11. The number of hydrogen-bond donors (Lipinski definition) is 1. The number of benzene rings is 1. The van der Waals surface area contributed by atoms with Crippen LogP contribution >= 0.6 is 0 Å². The van der Waals surface area contributed by atoms with E-state index in [0.717, 1.165) is 38.1 Å². The van der Waals surface area contributed by atoms with E-state index in [1.54, 1.807) is 19.2 Å². The molecule has 1 N–H and O–H groups in total. The zero-order chi connectivity index (χ0) is 12.8. The maximum Gasteiger partial charge on any atom is 0.162 e. The molecule has 1 aliphatic heterocycles. The predicted molar refractivity (Wildman–Crippen MR) is 68.8 cm³/mol. The van der Waals surface area contributed by atoms with Crippen LogP contribution in [-0.2, 0) is 0 Å². The van der Waals surface area contributed by atoms with Crippen LogP contribution in [0.5, 0.6) is 11.5 Å². The van der Waals surface area contributed by atoms with E-state index in [0.29, 0.717) is 11.3 Å². The molecular formula is C14H18N2O2. The molecule has 1 aromatic carbocycles. The Hall–Kier alpha value is -1.73. The highest BCUT2D eigenvalue weighted by Gasteiger charge is 2.15. The zero-order valence-corrected chi connectivity index (χ0v) is 10.6. The molecule has 0 spiro atoms. The van der Waals surface area contributed by atoms with Crippen molar-refractivity contribution in [1.29, 1.82) is 5.26 Å². The van der Waals surface area contributed by atoms with Crippen molar-refractivity contribution in [3.8, 4) is 17.6 Å². The highest BCUT2D eigenvalue weighted by molar-refractivity contribution is 5.46. The van der Waals surface area contributed by atoms with E-state index >= 15 is 0 Å². The molecule has 1 saturated heterocycles. The second-order valence-electron chi connectivity index (χ2n) is 4.40. The Bertz CT molecular complexity index is 432. The van der Waals surface area contributed by atoms with E-state index in [-0.39, 0.29) is 6.10 Å². The summed E-state index contributed by atoms with van der Waals surface area (Å²) in [7, 11) is 1.60. The van der Waals surface area contributed by atoms with Gasteiger partial charge in [-0.1, -0.05) is 0 Å². The highest BCUT2D eigenvalue weighted by atomic mass is 16.5. The van der Waals surface area contributed by atoms with Crippen LogP contribution in [0, 0.1) is 11.3 Å². The Kier molecular flexibility index (Phi) is 4.43. The van der Waals surface area contributed by atoms with Crippen molar-refractivity contribution in [3.63, 3.8) is 0 Å². The Labute approximate surface area is 108 Å². The van der Waals surface area contributed by atoms with Crippen LogP contribution in [0.3, 0.4) is 0 Å². The zero-order valence-electron chi connectivity index (χ0n) is 10.6. The van der Waals surface area contributed by atoms with Crippen LogP contribution < -0.4 is 14.8 Å². The topological polar surface area (TPSA) is 54.3 Å². The average molecular weight is 246 g/mol. The van der Waals surface area contributed by atoms with E-state index in [1.165, 1.54) is 0 Å². The van der Waals surface area contributed by atoms with Crippen LogP contribution in [0.15, 0.2) is 18.2 Å². The third kappa shape index (κ3) is 3.14. The largest absolute Gasteiger partial charge is 0.493 e. The van der Waals surface area contributed by atoms with E-state index < -0.39 is 0 Å². The lowest BCUT2D eigenvalue weighted by Crippen LogP contribution is -2.19. The lowest BCUT2D eigenvalue weighted by molar-refractivity contribution is 0.180. The number of rotatable bonds is 3. The quantitative estimate of drug-likeness (QED) is 0.887. The molecule has 2 rings (SSSR count). The molecule has 0 amide bonds. The minimum Gasteiger partial charge on any atom is -0.493 e. The molecule has 1 atom stereocenters. The van der Waals surface area contributed by atoms with Crippen molar-refractivity contribution >= 4 is 0 Å². The molecule has 1 aliphatic rings. The Morgan fingerprint density at radius 2 is 2.17 bits per heavy atom. The van der Waals surface area contributed by atoms with Crippen molar-refractivity contribution in [1.82, 2.24) is 5.32 Å². The predicted octanol–water partition coefficient (Wildman–Crippen LogP) is 2.09. The first-order valence-corrected chi connectivity index (χ1v) is 6.29. The molecule has 0 bridgehead atoms. The first kappa shape index (κ1) is 12.7. The van der Waals surface area contributed by atoms with Crippen molar-refractivity contribution in [2.75, 3.05) is 20.2 Å². The molecular weight excluding hydrogens is 228 g/mol. The van der Waals surface area contributed by atoms with Gasteiger partial charge in [0.05, 0.1) is 18.7 Å². The standard InChI is InChI=1S/C14H18N2O2/c1-17-14-9-11(10-15)4-5-13(14)18-12-3-2-7-16-8-6-12/h4-5,9,12,16H,2-3,6-8H2,1H3. The lowest BCUT2D eigenvalue weighted by atomic mass is 10.1. The number of ether oxygens (including phenoxy) is 2. The molecule has 1 fully saturated rings. The van der Waals surface area contributed by atoms with Crippen LogP contribution in [0.2, 0.25) is 0 Å². The van der Waals surface area contributed by atoms with Crippen molar-refractivity contribution in [2.24, 2.45) is 0 Å². The van der Waals surface area contributed by atoms with Gasteiger partial charge in [0.1, 0.15) is 6.10 Å². The van der Waals surface area contributed by atoms with Gasteiger partial charge in [0.15, 0.2) is 11.5 Å². The molecule has 18 heavy (non-hydrogen) atoms. The van der Waals surface area contributed by atoms with Gasteiger partial charge >= 0.3 is 0 Å². The summed E-state index contributed by atoms with van der Waals surface area (Å²) in [6, 6.07) is 7.38. The van der Waals surface area contributed by atoms with Gasteiger partial charge in [-0.2, -0.15) is 5.26 Å². The fraction of sp³-hybridized carbons (Fsp3) is 0.500. The molecule has 96 valence electrons. The minimum absolute atomic E-state index is 0.224. The Balaban J connectivity index is 2.10. The van der Waals surface area contributed by atoms with Gasteiger partial charge in [-0.05, 0) is 44.5 Å². The van der Waals surface area contributed by atoms with Crippen LogP contribution in [-0.4, -0.2) is 26.3 Å². The third-order valence-corrected chi connectivity index (χ3v) is 3.11. The normalized spacial score (nSPS) is 19.7. The molecule has 4 nitrogen and oxygen atoms in total. The number of methoxy groups -OCH3 is 1. The lowest BCUT2D eigenvalue weighted by Gasteiger charge is -2.18. The highest BCUT2D eigenvalue weighted by Crippen LogP contribution is 2.30. The van der Waals surface area contributed by atoms with E-state index in [9.17, 15) is 0 Å². The van der Waals surface area contributed by atoms with E-state index in [2.05, 4.69) is 11.4 Å². The summed E-state index contributed by atoms with van der Waals surface area (Å²) >= 11 is 0. The van der Waals surface area contributed by atoms with Gasteiger partial charge in [0.25, 0.3) is 0 Å². The molecule has 0 radical (unpaired) electrons. The second-order valence-corrected chi connectivity index (χ2v) is 4.40. The summed E-state index contributed by atoms with van der Waals surface area (Å²) < 4.78 is 11.3. The Morgan fingerprint density at radius 1 is 1.28 bits per heavy atom. The average Bonchev–Trinajstić information content (AvgIpc) is 2.68. The fourth-order valence-electron chi connectivity index (χ4n) is 2.12. The van der Waals surface area contributed by atoms with Crippen LogP contribution in [0.4, 0.5) is 0 Å². The molecule has 1 heterocycles. The summed E-state index contributed by atoms with van der Waals surface area (Å²) in [6.07, 6.45) is 3.41. The van der Waals surface area contributed by atoms with Gasteiger partial charge in [0.2, 0.25) is 0 Å². The number of nitrogens with one attached hydrogen (secondary N) is 1. The van der Waals surface area contributed by atoms with Crippen molar-refractivity contribution < 1.29 is 9.47 Å². The molecule has 1 aromatic rings. The maximum atomic E-state index is 8.85. The summed E-state index contributed by atoms with van der Waals surface area (Å²) in [4.78, 5) is 0. The van der Waals surface area contributed by atoms with Crippen molar-refractivity contribution in [2.45, 2.75) is 25.4 Å². The van der Waals surface area contributed by atoms with Crippen LogP contribution in [0.1, 0.15) is 24.8 Å². The van der Waals surface area contributed by atoms with Gasteiger partial charge in [0, 0.05) is 6.07 Å². The molecule has 0 aromatic heterocycles. The van der Waals surface area contributed by atoms with Gasteiger partial charge in [-0.15, -0.1) is 0 Å². The Morgan fingerprint density at radius 3 is 2.94 bits per heavy atom. The monoisotopic (exact) mass is 246 g/mol. The maximum absolute atomic E-state index is 8.85. The molecule has 0 aliphatic carbocycles. The first-order valence-electron chi connectivity index (χ1n) is 6.29. The number of nitrogens with zero attached hydrogens (tertiary/aromatic N) is 1.